The standard InChI is InChI=1S/C14H22N2O2/c1-13(2)3-7-16(8-4-13)12(17)14(11-15)5-9-18-10-6-14/h3-10H2,1-2H3. The van der Waals surface area contributed by atoms with Gasteiger partial charge >= 0.3 is 0 Å². The first kappa shape index (κ1) is 13.4. The van der Waals surface area contributed by atoms with Crippen LogP contribution in [0.4, 0.5) is 0 Å². The maximum absolute atomic E-state index is 12.6. The Morgan fingerprint density at radius 1 is 1.17 bits per heavy atom. The molecule has 0 aromatic rings. The van der Waals surface area contributed by atoms with Crippen LogP contribution in [0.1, 0.15) is 39.5 Å². The predicted octanol–water partition coefficient (Wildman–Crippen LogP) is 1.96. The minimum Gasteiger partial charge on any atom is -0.381 e. The van der Waals surface area contributed by atoms with Crippen molar-refractivity contribution in [1.29, 1.82) is 5.26 Å². The lowest BCUT2D eigenvalue weighted by Crippen LogP contribution is -2.50. The molecule has 4 heteroatoms. The van der Waals surface area contributed by atoms with Gasteiger partial charge in [-0.05, 0) is 31.1 Å². The lowest BCUT2D eigenvalue weighted by Gasteiger charge is -2.41. The van der Waals surface area contributed by atoms with E-state index in [0.717, 1.165) is 25.9 Å². The van der Waals surface area contributed by atoms with E-state index in [-0.39, 0.29) is 5.91 Å². The molecule has 0 radical (unpaired) electrons. The molecule has 100 valence electrons. The molecule has 4 nitrogen and oxygen atoms in total. The predicted molar refractivity (Wildman–Crippen MR) is 67.7 cm³/mol. The normalized spacial score (nSPS) is 26.4. The molecule has 0 spiro atoms. The molecule has 2 heterocycles. The Hall–Kier alpha value is -1.08. The van der Waals surface area contributed by atoms with Gasteiger partial charge in [0, 0.05) is 26.3 Å². The van der Waals surface area contributed by atoms with Crippen molar-refractivity contribution in [2.45, 2.75) is 39.5 Å². The van der Waals surface area contributed by atoms with Gasteiger partial charge in [0.05, 0.1) is 6.07 Å². The summed E-state index contributed by atoms with van der Waals surface area (Å²) in [5, 5.41) is 9.39. The molecule has 0 saturated carbocycles. The van der Waals surface area contributed by atoms with Crippen LogP contribution in [0.3, 0.4) is 0 Å². The highest BCUT2D eigenvalue weighted by Crippen LogP contribution is 2.36. The summed E-state index contributed by atoms with van der Waals surface area (Å²) >= 11 is 0. The molecule has 2 fully saturated rings. The number of amides is 1. The van der Waals surface area contributed by atoms with Crippen LogP contribution in [0.15, 0.2) is 0 Å². The molecule has 0 aliphatic carbocycles. The molecule has 18 heavy (non-hydrogen) atoms. The van der Waals surface area contributed by atoms with Crippen molar-refractivity contribution in [2.24, 2.45) is 10.8 Å². The fourth-order valence-electron chi connectivity index (χ4n) is 2.71. The molecular weight excluding hydrogens is 228 g/mol. The van der Waals surface area contributed by atoms with Gasteiger partial charge in [-0.3, -0.25) is 4.79 Å². The van der Waals surface area contributed by atoms with E-state index in [9.17, 15) is 10.1 Å². The third-order valence-corrected chi connectivity index (χ3v) is 4.37. The van der Waals surface area contributed by atoms with Crippen LogP contribution in [-0.2, 0) is 9.53 Å². The summed E-state index contributed by atoms with van der Waals surface area (Å²) in [6, 6.07) is 2.26. The number of hydrogen-bond acceptors (Lipinski definition) is 3. The highest BCUT2D eigenvalue weighted by molar-refractivity contribution is 5.85. The summed E-state index contributed by atoms with van der Waals surface area (Å²) in [6.07, 6.45) is 3.14. The molecular formula is C14H22N2O2. The van der Waals surface area contributed by atoms with Crippen molar-refractivity contribution in [3.8, 4) is 6.07 Å². The molecule has 0 unspecified atom stereocenters. The second-order valence-corrected chi connectivity index (χ2v) is 6.26. The average molecular weight is 250 g/mol. The van der Waals surface area contributed by atoms with Crippen molar-refractivity contribution in [2.75, 3.05) is 26.3 Å². The molecule has 0 aromatic carbocycles. The largest absolute Gasteiger partial charge is 0.381 e. The lowest BCUT2D eigenvalue weighted by atomic mass is 9.78. The highest BCUT2D eigenvalue weighted by Gasteiger charge is 2.44. The van der Waals surface area contributed by atoms with Crippen LogP contribution >= 0.6 is 0 Å². The zero-order valence-electron chi connectivity index (χ0n) is 11.4. The Labute approximate surface area is 109 Å². The molecule has 0 atom stereocenters. The fourth-order valence-corrected chi connectivity index (χ4v) is 2.71. The number of ether oxygens (including phenoxy) is 1. The van der Waals surface area contributed by atoms with Crippen molar-refractivity contribution in [3.63, 3.8) is 0 Å². The van der Waals surface area contributed by atoms with Gasteiger partial charge in [-0.25, -0.2) is 0 Å². The summed E-state index contributed by atoms with van der Waals surface area (Å²) < 4.78 is 5.28. The van der Waals surface area contributed by atoms with Gasteiger partial charge in [0.1, 0.15) is 5.41 Å². The van der Waals surface area contributed by atoms with Crippen LogP contribution < -0.4 is 0 Å². The first-order chi connectivity index (χ1) is 8.49. The topological polar surface area (TPSA) is 53.3 Å². The summed E-state index contributed by atoms with van der Waals surface area (Å²) in [5.74, 6) is 0.0313. The van der Waals surface area contributed by atoms with E-state index in [1.165, 1.54) is 0 Å². The third-order valence-electron chi connectivity index (χ3n) is 4.37. The van der Waals surface area contributed by atoms with E-state index < -0.39 is 5.41 Å². The third kappa shape index (κ3) is 2.51. The van der Waals surface area contributed by atoms with Gasteiger partial charge in [-0.15, -0.1) is 0 Å². The number of nitrogens with zero attached hydrogens (tertiary/aromatic N) is 2. The van der Waals surface area contributed by atoms with Gasteiger partial charge in [-0.1, -0.05) is 13.8 Å². The first-order valence-corrected chi connectivity index (χ1v) is 6.78. The lowest BCUT2D eigenvalue weighted by molar-refractivity contribution is -0.145. The molecule has 2 saturated heterocycles. The number of rotatable bonds is 1. The van der Waals surface area contributed by atoms with Gasteiger partial charge in [0.15, 0.2) is 0 Å². The van der Waals surface area contributed by atoms with E-state index in [1.807, 2.05) is 4.90 Å². The van der Waals surface area contributed by atoms with E-state index in [4.69, 9.17) is 4.74 Å². The number of nitriles is 1. The van der Waals surface area contributed by atoms with Crippen LogP contribution in [0, 0.1) is 22.2 Å². The molecule has 2 aliphatic heterocycles. The van der Waals surface area contributed by atoms with Crippen LogP contribution in [0.25, 0.3) is 0 Å². The zero-order valence-corrected chi connectivity index (χ0v) is 11.4. The maximum Gasteiger partial charge on any atom is 0.243 e. The van der Waals surface area contributed by atoms with Crippen molar-refractivity contribution in [1.82, 2.24) is 4.90 Å². The smallest absolute Gasteiger partial charge is 0.243 e. The minimum absolute atomic E-state index is 0.0313. The number of hydrogen-bond donors (Lipinski definition) is 0. The molecule has 2 aliphatic rings. The summed E-state index contributed by atoms with van der Waals surface area (Å²) in [6.45, 7) is 7.11. The second-order valence-electron chi connectivity index (χ2n) is 6.26. The molecule has 1 amide bonds. The summed E-state index contributed by atoms with van der Waals surface area (Å²) in [4.78, 5) is 14.5. The number of carbonyl (C=O) groups excluding carboxylic acids is 1. The zero-order chi connectivity index (χ0) is 13.2. The molecule has 0 N–H and O–H groups in total. The van der Waals surface area contributed by atoms with E-state index in [1.54, 1.807) is 0 Å². The second kappa shape index (κ2) is 4.89. The Morgan fingerprint density at radius 3 is 2.22 bits per heavy atom. The van der Waals surface area contributed by atoms with E-state index >= 15 is 0 Å². The number of carbonyl (C=O) groups is 1. The molecule has 0 bridgehead atoms. The van der Waals surface area contributed by atoms with E-state index in [0.29, 0.717) is 31.5 Å². The molecule has 0 aromatic heterocycles. The van der Waals surface area contributed by atoms with Crippen molar-refractivity contribution < 1.29 is 9.53 Å². The van der Waals surface area contributed by atoms with E-state index in [2.05, 4.69) is 19.9 Å². The Morgan fingerprint density at radius 2 is 1.72 bits per heavy atom. The Balaban J connectivity index is 2.05. The number of likely N-dealkylation sites (tertiary alicyclic amines) is 1. The summed E-state index contributed by atoms with van der Waals surface area (Å²) in [5.41, 5.74) is -0.494. The van der Waals surface area contributed by atoms with Crippen LogP contribution in [0.5, 0.6) is 0 Å². The van der Waals surface area contributed by atoms with Crippen LogP contribution in [0.2, 0.25) is 0 Å². The van der Waals surface area contributed by atoms with Crippen LogP contribution in [-0.4, -0.2) is 37.1 Å². The van der Waals surface area contributed by atoms with Crippen molar-refractivity contribution >= 4 is 5.91 Å². The fraction of sp³-hybridized carbons (Fsp3) is 0.857. The maximum atomic E-state index is 12.6. The Kier molecular flexibility index (Phi) is 3.63. The quantitative estimate of drug-likeness (QED) is 0.714. The average Bonchev–Trinajstić information content (AvgIpc) is 2.39. The number of piperidine rings is 1. The van der Waals surface area contributed by atoms with Gasteiger partial charge < -0.3 is 9.64 Å². The molecule has 2 rings (SSSR count). The van der Waals surface area contributed by atoms with Crippen molar-refractivity contribution in [3.05, 3.63) is 0 Å². The Bertz CT molecular complexity index is 354. The SMILES string of the molecule is CC1(C)CCN(C(=O)C2(C#N)CCOCC2)CC1. The first-order valence-electron chi connectivity index (χ1n) is 6.78. The summed E-state index contributed by atoms with van der Waals surface area (Å²) in [7, 11) is 0. The highest BCUT2D eigenvalue weighted by atomic mass is 16.5. The minimum atomic E-state index is -0.820. The monoisotopic (exact) mass is 250 g/mol. The van der Waals surface area contributed by atoms with Gasteiger partial charge in [0.25, 0.3) is 0 Å². The van der Waals surface area contributed by atoms with Gasteiger partial charge in [0.2, 0.25) is 5.91 Å². The van der Waals surface area contributed by atoms with Gasteiger partial charge in [-0.2, -0.15) is 5.26 Å².